The number of benzene rings is 2. The molecule has 0 aromatic heterocycles. The number of hydrogen-bond donors (Lipinski definition) is 1. The number of ether oxygens (including phenoxy) is 2. The van der Waals surface area contributed by atoms with E-state index in [1.54, 1.807) is 30.3 Å². The van der Waals surface area contributed by atoms with Crippen molar-refractivity contribution in [1.29, 1.82) is 0 Å². The molecule has 1 aliphatic heterocycles. The van der Waals surface area contributed by atoms with Gasteiger partial charge in [-0.2, -0.15) is 0 Å². The zero-order chi connectivity index (χ0) is 16.9. The number of para-hydroxylation sites is 2. The largest absolute Gasteiger partial charge is 0.488 e. The minimum atomic E-state index is -0.584. The van der Waals surface area contributed by atoms with Crippen molar-refractivity contribution in [3.8, 4) is 5.75 Å². The third-order valence-electron chi connectivity index (χ3n) is 3.38. The minimum Gasteiger partial charge on any atom is -0.488 e. The van der Waals surface area contributed by atoms with E-state index in [-0.39, 0.29) is 6.61 Å². The topological polar surface area (TPSA) is 64.6 Å². The van der Waals surface area contributed by atoms with Crippen LogP contribution in [0.15, 0.2) is 54.1 Å². The van der Waals surface area contributed by atoms with E-state index < -0.39 is 18.5 Å². The van der Waals surface area contributed by atoms with Gasteiger partial charge in [0.2, 0.25) is 0 Å². The van der Waals surface area contributed by atoms with Gasteiger partial charge in [0, 0.05) is 5.56 Å². The van der Waals surface area contributed by atoms with Crippen molar-refractivity contribution in [2.24, 2.45) is 0 Å². The summed E-state index contributed by atoms with van der Waals surface area (Å²) in [5.74, 6) is -0.335. The van der Waals surface area contributed by atoms with Crippen molar-refractivity contribution >= 4 is 35.2 Å². The van der Waals surface area contributed by atoms with E-state index in [9.17, 15) is 9.59 Å². The number of fused-ring (bicyclic) bond motifs is 1. The van der Waals surface area contributed by atoms with E-state index >= 15 is 0 Å². The highest BCUT2D eigenvalue weighted by Gasteiger charge is 2.19. The lowest BCUT2D eigenvalue weighted by molar-refractivity contribution is -0.143. The Morgan fingerprint density at radius 3 is 2.71 bits per heavy atom. The Kier molecular flexibility index (Phi) is 4.82. The molecule has 0 atom stereocenters. The molecule has 2 aromatic rings. The summed E-state index contributed by atoms with van der Waals surface area (Å²) in [6.45, 7) is -0.287. The van der Waals surface area contributed by atoms with Gasteiger partial charge in [0.05, 0.1) is 16.3 Å². The molecule has 0 saturated heterocycles. The van der Waals surface area contributed by atoms with Crippen LogP contribution in [0.4, 0.5) is 5.69 Å². The number of anilines is 1. The first-order valence-corrected chi connectivity index (χ1v) is 7.65. The Hall–Kier alpha value is -2.79. The van der Waals surface area contributed by atoms with E-state index in [0.29, 0.717) is 22.0 Å². The maximum Gasteiger partial charge on any atom is 0.338 e. The smallest absolute Gasteiger partial charge is 0.338 e. The van der Waals surface area contributed by atoms with Crippen LogP contribution < -0.4 is 10.1 Å². The summed E-state index contributed by atoms with van der Waals surface area (Å²) in [5, 5.41) is 3.00. The van der Waals surface area contributed by atoms with E-state index in [2.05, 4.69) is 5.32 Å². The fourth-order valence-electron chi connectivity index (χ4n) is 2.21. The highest BCUT2D eigenvalue weighted by molar-refractivity contribution is 6.33. The molecule has 0 saturated carbocycles. The van der Waals surface area contributed by atoms with E-state index in [1.165, 1.54) is 0 Å². The fourth-order valence-corrected chi connectivity index (χ4v) is 2.39. The SMILES string of the molecule is O=C(COC(=O)C1=Cc2ccccc2OC1)Nc1ccccc1Cl. The van der Waals surface area contributed by atoms with Gasteiger partial charge >= 0.3 is 5.97 Å². The summed E-state index contributed by atoms with van der Waals surface area (Å²) >= 11 is 5.95. The second-order valence-corrected chi connectivity index (χ2v) is 5.51. The van der Waals surface area contributed by atoms with Gasteiger partial charge in [-0.25, -0.2) is 4.79 Å². The number of esters is 1. The van der Waals surface area contributed by atoms with Gasteiger partial charge < -0.3 is 14.8 Å². The number of hydrogen-bond acceptors (Lipinski definition) is 4. The Morgan fingerprint density at radius 2 is 1.88 bits per heavy atom. The monoisotopic (exact) mass is 343 g/mol. The van der Waals surface area contributed by atoms with Gasteiger partial charge in [-0.3, -0.25) is 4.79 Å². The van der Waals surface area contributed by atoms with Gasteiger partial charge in [-0.05, 0) is 24.3 Å². The lowest BCUT2D eigenvalue weighted by atomic mass is 10.1. The Labute approximate surface area is 143 Å². The maximum atomic E-state index is 12.1. The lowest BCUT2D eigenvalue weighted by Crippen LogP contribution is -2.24. The highest BCUT2D eigenvalue weighted by Crippen LogP contribution is 2.26. The van der Waals surface area contributed by atoms with Crippen LogP contribution in [0, 0.1) is 0 Å². The Balaban J connectivity index is 1.57. The average molecular weight is 344 g/mol. The minimum absolute atomic E-state index is 0.113. The molecule has 5 nitrogen and oxygen atoms in total. The maximum absolute atomic E-state index is 12.1. The Bertz CT molecular complexity index is 816. The van der Waals surface area contributed by atoms with Crippen molar-refractivity contribution in [2.45, 2.75) is 0 Å². The van der Waals surface area contributed by atoms with Gasteiger partial charge in [0.25, 0.3) is 5.91 Å². The number of carbonyl (C=O) groups is 2. The lowest BCUT2D eigenvalue weighted by Gasteiger charge is -2.16. The summed E-state index contributed by atoms with van der Waals surface area (Å²) in [6.07, 6.45) is 1.70. The highest BCUT2D eigenvalue weighted by atomic mass is 35.5. The summed E-state index contributed by atoms with van der Waals surface area (Å²) in [7, 11) is 0. The first-order chi connectivity index (χ1) is 11.6. The van der Waals surface area contributed by atoms with Crippen LogP contribution >= 0.6 is 11.6 Å². The van der Waals surface area contributed by atoms with E-state index in [1.807, 2.05) is 24.3 Å². The molecule has 1 amide bonds. The van der Waals surface area contributed by atoms with Crippen LogP contribution in [-0.2, 0) is 14.3 Å². The molecule has 0 aliphatic carbocycles. The standard InChI is InChI=1S/C18H14ClNO4/c19-14-6-2-3-7-15(14)20-17(21)11-24-18(22)13-9-12-5-1-4-8-16(12)23-10-13/h1-9H,10-11H2,(H,20,21). The number of nitrogens with one attached hydrogen (secondary N) is 1. The van der Waals surface area contributed by atoms with Crippen LogP contribution in [0.3, 0.4) is 0 Å². The van der Waals surface area contributed by atoms with Crippen molar-refractivity contribution < 1.29 is 19.1 Å². The summed E-state index contributed by atoms with van der Waals surface area (Å²) < 4.78 is 10.5. The molecular weight excluding hydrogens is 330 g/mol. The molecule has 6 heteroatoms. The predicted molar refractivity (Wildman–Crippen MR) is 91.0 cm³/mol. The van der Waals surface area contributed by atoms with Crippen LogP contribution in [0.25, 0.3) is 6.08 Å². The fraction of sp³-hybridized carbons (Fsp3) is 0.111. The van der Waals surface area contributed by atoms with Crippen molar-refractivity contribution in [1.82, 2.24) is 0 Å². The molecule has 3 rings (SSSR count). The predicted octanol–water partition coefficient (Wildman–Crippen LogP) is 3.30. The van der Waals surface area contributed by atoms with Crippen molar-refractivity contribution in [2.75, 3.05) is 18.5 Å². The average Bonchev–Trinajstić information content (AvgIpc) is 2.61. The zero-order valence-corrected chi connectivity index (χ0v) is 13.4. The van der Waals surface area contributed by atoms with Gasteiger partial charge in [0.1, 0.15) is 12.4 Å². The zero-order valence-electron chi connectivity index (χ0n) is 12.6. The first kappa shape index (κ1) is 16.1. The second kappa shape index (κ2) is 7.19. The normalized spacial score (nSPS) is 12.5. The first-order valence-electron chi connectivity index (χ1n) is 7.27. The number of carbonyl (C=O) groups excluding carboxylic acids is 2. The molecule has 1 heterocycles. The van der Waals surface area contributed by atoms with Gasteiger partial charge in [-0.1, -0.05) is 41.9 Å². The molecule has 122 valence electrons. The molecule has 0 radical (unpaired) electrons. The molecule has 0 unspecified atom stereocenters. The number of amides is 1. The molecule has 0 spiro atoms. The number of rotatable bonds is 4. The molecule has 2 aromatic carbocycles. The summed E-state index contributed by atoms with van der Waals surface area (Å²) in [6, 6.07) is 14.2. The van der Waals surface area contributed by atoms with Gasteiger partial charge in [0.15, 0.2) is 6.61 Å². The third kappa shape index (κ3) is 3.75. The summed E-state index contributed by atoms with van der Waals surface area (Å²) in [4.78, 5) is 23.9. The third-order valence-corrected chi connectivity index (χ3v) is 3.71. The molecule has 0 fully saturated rings. The van der Waals surface area contributed by atoms with Crippen LogP contribution in [0.5, 0.6) is 5.75 Å². The van der Waals surface area contributed by atoms with E-state index in [4.69, 9.17) is 21.1 Å². The molecule has 24 heavy (non-hydrogen) atoms. The van der Waals surface area contributed by atoms with Crippen LogP contribution in [0.2, 0.25) is 5.02 Å². The number of halogens is 1. The van der Waals surface area contributed by atoms with Crippen molar-refractivity contribution in [3.05, 3.63) is 64.7 Å². The molecule has 1 N–H and O–H groups in total. The van der Waals surface area contributed by atoms with Crippen LogP contribution in [-0.4, -0.2) is 25.1 Å². The molecule has 1 aliphatic rings. The van der Waals surface area contributed by atoms with E-state index in [0.717, 1.165) is 5.56 Å². The van der Waals surface area contributed by atoms with Crippen molar-refractivity contribution in [3.63, 3.8) is 0 Å². The quantitative estimate of drug-likeness (QED) is 0.865. The second-order valence-electron chi connectivity index (χ2n) is 5.10. The van der Waals surface area contributed by atoms with Gasteiger partial charge in [-0.15, -0.1) is 0 Å². The summed E-state index contributed by atoms with van der Waals surface area (Å²) in [5.41, 5.74) is 1.63. The Morgan fingerprint density at radius 1 is 1.12 bits per heavy atom. The molecular formula is C18H14ClNO4. The molecule has 0 bridgehead atoms. The van der Waals surface area contributed by atoms with Crippen LogP contribution in [0.1, 0.15) is 5.56 Å².